The topological polar surface area (TPSA) is 91.6 Å². The number of hydrogen-bond acceptors (Lipinski definition) is 4. The third-order valence-electron chi connectivity index (χ3n) is 5.75. The largest absolute Gasteiger partial charge is 0.503 e. The van der Waals surface area contributed by atoms with Crippen molar-refractivity contribution in [3.8, 4) is 5.75 Å². The Bertz CT molecular complexity index is 1100. The van der Waals surface area contributed by atoms with Gasteiger partial charge in [-0.05, 0) is 24.8 Å². The third kappa shape index (κ3) is 3.44. The van der Waals surface area contributed by atoms with E-state index in [0.717, 1.165) is 18.9 Å². The fourth-order valence-corrected chi connectivity index (χ4v) is 4.12. The second-order valence-electron chi connectivity index (χ2n) is 7.94. The zero-order valence-electron chi connectivity index (χ0n) is 16.3. The lowest BCUT2D eigenvalue weighted by molar-refractivity contribution is 0.0662. The average molecular weight is 417 g/mol. The molecular weight excluding hydrogens is 396 g/mol. The van der Waals surface area contributed by atoms with E-state index >= 15 is 0 Å². The van der Waals surface area contributed by atoms with E-state index in [2.05, 4.69) is 5.32 Å². The van der Waals surface area contributed by atoms with Crippen LogP contribution in [0.3, 0.4) is 0 Å². The number of carbonyl (C=O) groups is 2. The molecule has 2 bridgehead atoms. The van der Waals surface area contributed by atoms with Crippen molar-refractivity contribution in [2.75, 3.05) is 13.1 Å². The van der Waals surface area contributed by atoms with Crippen molar-refractivity contribution < 1.29 is 23.5 Å². The van der Waals surface area contributed by atoms with Gasteiger partial charge in [0.15, 0.2) is 11.4 Å². The van der Waals surface area contributed by atoms with Crippen LogP contribution in [-0.4, -0.2) is 39.5 Å². The predicted molar refractivity (Wildman–Crippen MR) is 103 cm³/mol. The van der Waals surface area contributed by atoms with Gasteiger partial charge in [-0.2, -0.15) is 0 Å². The molecule has 0 unspecified atom stereocenters. The van der Waals surface area contributed by atoms with Gasteiger partial charge in [0, 0.05) is 37.5 Å². The summed E-state index contributed by atoms with van der Waals surface area (Å²) in [6.07, 6.45) is 2.90. The molecule has 1 saturated heterocycles. The van der Waals surface area contributed by atoms with Crippen LogP contribution < -0.4 is 10.7 Å². The van der Waals surface area contributed by atoms with E-state index in [4.69, 9.17) is 0 Å². The summed E-state index contributed by atoms with van der Waals surface area (Å²) in [5.41, 5.74) is -1.35. The molecule has 30 heavy (non-hydrogen) atoms. The first-order chi connectivity index (χ1) is 14.3. The molecule has 0 saturated carbocycles. The first kappa shape index (κ1) is 20.1. The van der Waals surface area contributed by atoms with Crippen molar-refractivity contribution in [3.63, 3.8) is 0 Å². The maximum Gasteiger partial charge on any atom is 0.274 e. The maximum atomic E-state index is 13.8. The Labute approximate surface area is 170 Å². The number of pyridine rings is 1. The molecule has 7 nitrogen and oxygen atoms in total. The van der Waals surface area contributed by atoms with E-state index in [1.165, 1.54) is 16.8 Å². The van der Waals surface area contributed by atoms with Crippen LogP contribution in [0, 0.1) is 17.6 Å². The standard InChI is InChI=1S/C21H21F2N3O4/c1-11-2-5-14-9-25(8-11)21(30)17-19(28)18(27)15(10-26(14)17)20(29)24-7-12-3-4-13(22)6-16(12)23/h3-4,6,10-11,14,28H,2,5,7-9H2,1H3,(H,24,29)/t11-,14+/m0/s1. The van der Waals surface area contributed by atoms with Gasteiger partial charge >= 0.3 is 0 Å². The van der Waals surface area contributed by atoms with E-state index in [1.54, 1.807) is 4.90 Å². The van der Waals surface area contributed by atoms with Gasteiger partial charge in [0.2, 0.25) is 5.43 Å². The van der Waals surface area contributed by atoms with Gasteiger partial charge in [-0.1, -0.05) is 13.0 Å². The highest BCUT2D eigenvalue weighted by Crippen LogP contribution is 2.33. The van der Waals surface area contributed by atoms with Crippen LogP contribution in [-0.2, 0) is 6.54 Å². The van der Waals surface area contributed by atoms with Crippen molar-refractivity contribution in [1.29, 1.82) is 0 Å². The number of fused-ring (bicyclic) bond motifs is 4. The van der Waals surface area contributed by atoms with Crippen LogP contribution in [0.4, 0.5) is 8.78 Å². The Balaban J connectivity index is 1.66. The summed E-state index contributed by atoms with van der Waals surface area (Å²) in [4.78, 5) is 39.6. The number of aromatic nitrogens is 1. The van der Waals surface area contributed by atoms with Crippen LogP contribution in [0.15, 0.2) is 29.2 Å². The number of nitrogens with zero attached hydrogens (tertiary/aromatic N) is 2. The zero-order chi connectivity index (χ0) is 21.6. The molecule has 3 heterocycles. The average Bonchev–Trinajstić information content (AvgIpc) is 2.87. The fourth-order valence-electron chi connectivity index (χ4n) is 4.12. The molecule has 0 aliphatic carbocycles. The van der Waals surface area contributed by atoms with Crippen LogP contribution in [0.25, 0.3) is 0 Å². The highest BCUT2D eigenvalue weighted by Gasteiger charge is 2.37. The molecule has 9 heteroatoms. The SMILES string of the molecule is C[C@H]1CC[C@@H]2CN(C1)C(=O)c1c(O)c(=O)c(C(=O)NCc3ccc(F)cc3F)cn12. The van der Waals surface area contributed by atoms with E-state index < -0.39 is 34.6 Å². The maximum absolute atomic E-state index is 13.8. The van der Waals surface area contributed by atoms with Gasteiger partial charge in [0.1, 0.15) is 17.2 Å². The van der Waals surface area contributed by atoms with Gasteiger partial charge in [-0.3, -0.25) is 14.4 Å². The van der Waals surface area contributed by atoms with Gasteiger partial charge < -0.3 is 19.9 Å². The smallest absolute Gasteiger partial charge is 0.274 e. The van der Waals surface area contributed by atoms with Crippen LogP contribution in [0.5, 0.6) is 5.75 Å². The molecule has 2 aromatic rings. The Hall–Kier alpha value is -3.23. The molecule has 2 aliphatic heterocycles. The van der Waals surface area contributed by atoms with E-state index in [9.17, 15) is 28.3 Å². The number of rotatable bonds is 3. The molecule has 158 valence electrons. The summed E-state index contributed by atoms with van der Waals surface area (Å²) >= 11 is 0. The van der Waals surface area contributed by atoms with E-state index in [1.807, 2.05) is 6.92 Å². The van der Waals surface area contributed by atoms with Gasteiger partial charge in [0.25, 0.3) is 11.8 Å². The Morgan fingerprint density at radius 3 is 2.73 bits per heavy atom. The van der Waals surface area contributed by atoms with Crippen LogP contribution >= 0.6 is 0 Å². The number of benzene rings is 1. The summed E-state index contributed by atoms with van der Waals surface area (Å²) in [6, 6.07) is 2.80. The normalized spacial score (nSPS) is 20.5. The summed E-state index contributed by atoms with van der Waals surface area (Å²) in [5.74, 6) is -3.28. The number of aromatic hydroxyl groups is 1. The lowest BCUT2D eigenvalue weighted by Crippen LogP contribution is -2.45. The Kier molecular flexibility index (Phi) is 5.05. The number of halogens is 2. The fraction of sp³-hybridized carbons (Fsp3) is 0.381. The molecule has 2 aliphatic rings. The molecule has 0 spiro atoms. The van der Waals surface area contributed by atoms with Crippen molar-refractivity contribution in [2.24, 2.45) is 5.92 Å². The highest BCUT2D eigenvalue weighted by molar-refractivity contribution is 5.99. The molecule has 4 rings (SSSR count). The first-order valence-corrected chi connectivity index (χ1v) is 9.75. The zero-order valence-corrected chi connectivity index (χ0v) is 16.3. The molecule has 2 N–H and O–H groups in total. The summed E-state index contributed by atoms with van der Waals surface area (Å²) < 4.78 is 28.3. The quantitative estimate of drug-likeness (QED) is 0.801. The second kappa shape index (κ2) is 7.55. The predicted octanol–water partition coefficient (Wildman–Crippen LogP) is 2.19. The van der Waals surface area contributed by atoms with Crippen LogP contribution in [0.1, 0.15) is 52.2 Å². The minimum absolute atomic E-state index is 0.0515. The van der Waals surface area contributed by atoms with Crippen LogP contribution in [0.2, 0.25) is 0 Å². The first-order valence-electron chi connectivity index (χ1n) is 9.75. The number of hydrogen-bond donors (Lipinski definition) is 2. The minimum Gasteiger partial charge on any atom is -0.503 e. The van der Waals surface area contributed by atoms with Gasteiger partial charge in [-0.15, -0.1) is 0 Å². The molecule has 2 atom stereocenters. The van der Waals surface area contributed by atoms with Crippen molar-refractivity contribution in [2.45, 2.75) is 32.4 Å². The Morgan fingerprint density at radius 1 is 1.23 bits per heavy atom. The van der Waals surface area contributed by atoms with Gasteiger partial charge in [0.05, 0.1) is 6.04 Å². The monoisotopic (exact) mass is 417 g/mol. The lowest BCUT2D eigenvalue weighted by Gasteiger charge is -2.34. The Morgan fingerprint density at radius 2 is 2.00 bits per heavy atom. The van der Waals surface area contributed by atoms with E-state index in [-0.39, 0.29) is 35.3 Å². The summed E-state index contributed by atoms with van der Waals surface area (Å²) in [7, 11) is 0. The van der Waals surface area contributed by atoms with Crippen molar-refractivity contribution >= 4 is 11.8 Å². The summed E-state index contributed by atoms with van der Waals surface area (Å²) in [5, 5.41) is 12.9. The third-order valence-corrected chi connectivity index (χ3v) is 5.75. The molecule has 1 fully saturated rings. The molecule has 2 amide bonds. The molecular formula is C21H21F2N3O4. The van der Waals surface area contributed by atoms with Gasteiger partial charge in [-0.25, -0.2) is 8.78 Å². The van der Waals surface area contributed by atoms with Crippen molar-refractivity contribution in [1.82, 2.24) is 14.8 Å². The molecule has 1 aromatic heterocycles. The number of amides is 2. The summed E-state index contributed by atoms with van der Waals surface area (Å²) in [6.45, 7) is 2.77. The number of carbonyl (C=O) groups excluding carboxylic acids is 2. The molecule has 1 aromatic carbocycles. The minimum atomic E-state index is -0.959. The van der Waals surface area contributed by atoms with Crippen molar-refractivity contribution in [3.05, 3.63) is 63.1 Å². The lowest BCUT2D eigenvalue weighted by atomic mass is 10.0. The number of nitrogens with one attached hydrogen (secondary N) is 1. The molecule has 0 radical (unpaired) electrons. The second-order valence-corrected chi connectivity index (χ2v) is 7.94. The highest BCUT2D eigenvalue weighted by atomic mass is 19.1. The van der Waals surface area contributed by atoms with E-state index in [0.29, 0.717) is 19.2 Å².